The monoisotopic (exact) mass is 437 g/mol. The summed E-state index contributed by atoms with van der Waals surface area (Å²) in [5, 5.41) is 0.685. The maximum Gasteiger partial charge on any atom is 0.259 e. The quantitative estimate of drug-likeness (QED) is 0.682. The number of hydrogen-bond acceptors (Lipinski definition) is 4. The van der Waals surface area contributed by atoms with Crippen molar-refractivity contribution in [2.75, 3.05) is 24.5 Å². The molecule has 3 heterocycles. The molecule has 3 aromatic rings. The van der Waals surface area contributed by atoms with E-state index in [4.69, 9.17) is 0 Å². The van der Waals surface area contributed by atoms with Crippen LogP contribution in [0.15, 0.2) is 58.2 Å². The van der Waals surface area contributed by atoms with Gasteiger partial charge >= 0.3 is 0 Å². The van der Waals surface area contributed by atoms with E-state index in [1.807, 2.05) is 18.2 Å². The largest absolute Gasteiger partial charge is 0.322 e. The van der Waals surface area contributed by atoms with Gasteiger partial charge in [-0.05, 0) is 49.1 Å². The van der Waals surface area contributed by atoms with Crippen molar-refractivity contribution in [2.24, 2.45) is 0 Å². The van der Waals surface area contributed by atoms with Gasteiger partial charge in [0.2, 0.25) is 15.6 Å². The first-order chi connectivity index (χ1) is 14.9. The highest BCUT2D eigenvalue weighted by molar-refractivity contribution is 7.89. The second kappa shape index (κ2) is 7.62. The molecule has 0 saturated carbocycles. The topological polar surface area (TPSA) is 90.5 Å². The molecule has 1 saturated heterocycles. The number of sulfonamides is 1. The van der Waals surface area contributed by atoms with Crippen LogP contribution in [0.4, 0.5) is 5.69 Å². The van der Waals surface area contributed by atoms with E-state index in [0.29, 0.717) is 48.2 Å². The fourth-order valence-electron chi connectivity index (χ4n) is 4.53. The van der Waals surface area contributed by atoms with Crippen LogP contribution in [-0.4, -0.2) is 43.2 Å². The molecular weight excluding hydrogens is 414 g/mol. The summed E-state index contributed by atoms with van der Waals surface area (Å²) in [6, 6.07) is 13.5. The Morgan fingerprint density at radius 1 is 0.935 bits per heavy atom. The van der Waals surface area contributed by atoms with Crippen LogP contribution in [-0.2, 0) is 16.4 Å². The van der Waals surface area contributed by atoms with Crippen LogP contribution in [0.5, 0.6) is 0 Å². The Morgan fingerprint density at radius 3 is 2.52 bits per heavy atom. The van der Waals surface area contributed by atoms with Gasteiger partial charge in [-0.3, -0.25) is 9.59 Å². The number of para-hydroxylation sites is 1. The number of pyridine rings is 1. The number of amides is 1. The zero-order valence-corrected chi connectivity index (χ0v) is 17.8. The first-order valence-corrected chi connectivity index (χ1v) is 12.0. The Balaban J connectivity index is 1.49. The molecule has 2 aromatic carbocycles. The number of rotatable bonds is 3. The van der Waals surface area contributed by atoms with E-state index in [-0.39, 0.29) is 16.4 Å². The van der Waals surface area contributed by atoms with Crippen molar-refractivity contribution in [3.8, 4) is 0 Å². The van der Waals surface area contributed by atoms with Crippen LogP contribution in [0, 0.1) is 0 Å². The zero-order chi connectivity index (χ0) is 21.6. The van der Waals surface area contributed by atoms with E-state index < -0.39 is 10.0 Å². The van der Waals surface area contributed by atoms with Gasteiger partial charge in [-0.2, -0.15) is 4.31 Å². The maximum atomic E-state index is 13.4. The number of fused-ring (bicyclic) bond motifs is 2. The lowest BCUT2D eigenvalue weighted by atomic mass is 10.1. The van der Waals surface area contributed by atoms with Gasteiger partial charge in [-0.25, -0.2) is 8.42 Å². The Kier molecular flexibility index (Phi) is 4.91. The Bertz CT molecular complexity index is 1340. The van der Waals surface area contributed by atoms with Gasteiger partial charge in [0.05, 0.1) is 10.5 Å². The number of piperidine rings is 1. The first kappa shape index (κ1) is 20.0. The molecule has 1 fully saturated rings. The van der Waals surface area contributed by atoms with Gasteiger partial charge in [0, 0.05) is 42.3 Å². The molecule has 0 atom stereocenters. The number of H-pyrrole nitrogens is 1. The molecule has 0 spiro atoms. The van der Waals surface area contributed by atoms with Crippen LogP contribution in [0.25, 0.3) is 10.9 Å². The van der Waals surface area contributed by atoms with Gasteiger partial charge in [-0.1, -0.05) is 24.6 Å². The van der Waals surface area contributed by atoms with E-state index in [9.17, 15) is 18.0 Å². The van der Waals surface area contributed by atoms with Crippen molar-refractivity contribution in [2.45, 2.75) is 30.6 Å². The van der Waals surface area contributed by atoms with E-state index in [1.54, 1.807) is 33.5 Å². The molecule has 1 aromatic heterocycles. The predicted molar refractivity (Wildman–Crippen MR) is 119 cm³/mol. The van der Waals surface area contributed by atoms with Crippen LogP contribution in [0.3, 0.4) is 0 Å². The molecule has 0 bridgehead atoms. The normalized spacial score (nSPS) is 17.1. The molecule has 0 radical (unpaired) electrons. The third kappa shape index (κ3) is 3.45. The zero-order valence-electron chi connectivity index (χ0n) is 17.0. The first-order valence-electron chi connectivity index (χ1n) is 10.5. The number of benzene rings is 2. The number of carbonyl (C=O) groups excluding carboxylic acids is 1. The molecule has 160 valence electrons. The SMILES string of the molecule is O=C(c1cc(=O)[nH]c2ccccc12)N1CCc2cc(S(=O)(=O)N3CCCCC3)ccc21. The third-order valence-electron chi connectivity index (χ3n) is 6.13. The fourth-order valence-corrected chi connectivity index (χ4v) is 6.10. The maximum absolute atomic E-state index is 13.4. The van der Waals surface area contributed by atoms with Gasteiger partial charge in [-0.15, -0.1) is 0 Å². The van der Waals surface area contributed by atoms with Crippen molar-refractivity contribution in [1.29, 1.82) is 0 Å². The molecule has 31 heavy (non-hydrogen) atoms. The summed E-state index contributed by atoms with van der Waals surface area (Å²) >= 11 is 0. The van der Waals surface area contributed by atoms with E-state index in [0.717, 1.165) is 24.8 Å². The van der Waals surface area contributed by atoms with Crippen LogP contribution in [0.1, 0.15) is 35.2 Å². The van der Waals surface area contributed by atoms with Gasteiger partial charge in [0.1, 0.15) is 0 Å². The smallest absolute Gasteiger partial charge is 0.259 e. The summed E-state index contributed by atoms with van der Waals surface area (Å²) in [6.07, 6.45) is 3.41. The summed E-state index contributed by atoms with van der Waals surface area (Å²) < 4.78 is 27.6. The van der Waals surface area contributed by atoms with E-state index in [2.05, 4.69) is 4.98 Å². The summed E-state index contributed by atoms with van der Waals surface area (Å²) in [4.78, 5) is 30.1. The molecule has 8 heteroatoms. The average Bonchev–Trinajstić information content (AvgIpc) is 3.22. The van der Waals surface area contributed by atoms with Gasteiger partial charge in [0.15, 0.2) is 0 Å². The minimum atomic E-state index is -3.52. The molecule has 0 aliphatic carbocycles. The number of aromatic amines is 1. The standard InChI is InChI=1S/C23H23N3O4S/c27-22-15-19(18-6-2-3-7-20(18)24-22)23(28)26-13-10-16-14-17(8-9-21(16)26)31(29,30)25-11-4-1-5-12-25/h2-3,6-9,14-15H,1,4-5,10-13H2,(H,24,27). The average molecular weight is 438 g/mol. The molecule has 1 amide bonds. The lowest BCUT2D eigenvalue weighted by Crippen LogP contribution is -2.35. The Hall–Kier alpha value is -2.97. The van der Waals surface area contributed by atoms with Crippen molar-refractivity contribution >= 4 is 32.5 Å². The van der Waals surface area contributed by atoms with Crippen molar-refractivity contribution in [1.82, 2.24) is 9.29 Å². The summed E-state index contributed by atoms with van der Waals surface area (Å²) in [5.74, 6) is -0.257. The molecule has 0 unspecified atom stereocenters. The van der Waals surface area contributed by atoms with Crippen LogP contribution in [0.2, 0.25) is 0 Å². The summed E-state index contributed by atoms with van der Waals surface area (Å²) in [6.45, 7) is 1.56. The summed E-state index contributed by atoms with van der Waals surface area (Å²) in [7, 11) is -3.52. The molecule has 2 aliphatic heterocycles. The molecule has 2 aliphatic rings. The molecule has 1 N–H and O–H groups in total. The van der Waals surface area contributed by atoms with Crippen molar-refractivity contribution in [3.05, 3.63) is 70.0 Å². The minimum Gasteiger partial charge on any atom is -0.322 e. The number of aromatic nitrogens is 1. The highest BCUT2D eigenvalue weighted by Gasteiger charge is 2.31. The number of anilines is 1. The lowest BCUT2D eigenvalue weighted by molar-refractivity contribution is 0.0991. The van der Waals surface area contributed by atoms with Crippen LogP contribution >= 0.6 is 0 Å². The number of nitrogens with zero attached hydrogens (tertiary/aromatic N) is 2. The highest BCUT2D eigenvalue weighted by Crippen LogP contribution is 2.33. The fraction of sp³-hybridized carbons (Fsp3) is 0.304. The number of nitrogens with one attached hydrogen (secondary N) is 1. The Labute approximate surface area is 180 Å². The Morgan fingerprint density at radius 2 is 1.71 bits per heavy atom. The number of hydrogen-bond donors (Lipinski definition) is 1. The van der Waals surface area contributed by atoms with E-state index in [1.165, 1.54) is 6.07 Å². The van der Waals surface area contributed by atoms with Crippen molar-refractivity contribution in [3.63, 3.8) is 0 Å². The highest BCUT2D eigenvalue weighted by atomic mass is 32.2. The van der Waals surface area contributed by atoms with Crippen molar-refractivity contribution < 1.29 is 13.2 Å². The number of carbonyl (C=O) groups is 1. The summed E-state index contributed by atoms with van der Waals surface area (Å²) in [5.41, 5.74) is 2.16. The lowest BCUT2D eigenvalue weighted by Gasteiger charge is -2.26. The van der Waals surface area contributed by atoms with Gasteiger partial charge in [0.25, 0.3) is 5.91 Å². The predicted octanol–water partition coefficient (Wildman–Crippen LogP) is 2.91. The molecule has 7 nitrogen and oxygen atoms in total. The molecule has 5 rings (SSSR count). The molecular formula is C23H23N3O4S. The second-order valence-electron chi connectivity index (χ2n) is 8.05. The second-order valence-corrected chi connectivity index (χ2v) is 9.99. The third-order valence-corrected chi connectivity index (χ3v) is 8.02. The minimum absolute atomic E-state index is 0.257. The van der Waals surface area contributed by atoms with Crippen LogP contribution < -0.4 is 10.5 Å². The van der Waals surface area contributed by atoms with E-state index >= 15 is 0 Å². The van der Waals surface area contributed by atoms with Gasteiger partial charge < -0.3 is 9.88 Å².